The second-order valence-electron chi connectivity index (χ2n) is 15.7. The Kier molecular flexibility index (Phi) is 9.86. The molecule has 0 saturated heterocycles. The minimum absolute atomic E-state index is 0.695. The number of quaternary nitrogens is 2. The molecule has 2 aliphatic heterocycles. The zero-order chi connectivity index (χ0) is 36.3. The molecule has 0 amide bonds. The Morgan fingerprint density at radius 1 is 0.500 bits per heavy atom. The van der Waals surface area contributed by atoms with Crippen LogP contribution in [0.1, 0.15) is 35.6 Å². The molecule has 0 aliphatic carbocycles. The van der Waals surface area contributed by atoms with E-state index in [0.29, 0.717) is 13.2 Å². The molecule has 5 aromatic rings. The van der Waals surface area contributed by atoms with Crippen LogP contribution in [0.4, 0.5) is 0 Å². The van der Waals surface area contributed by atoms with Crippen molar-refractivity contribution in [3.8, 4) is 33.8 Å². The van der Waals surface area contributed by atoms with E-state index in [-0.39, 0.29) is 0 Å². The number of nitrogens with zero attached hydrogens (tertiary/aromatic N) is 4. The van der Waals surface area contributed by atoms with Gasteiger partial charge in [0.05, 0.1) is 91.4 Å². The molecule has 0 radical (unpaired) electrons. The largest absolute Gasteiger partial charge is 0.493 e. The summed E-state index contributed by atoms with van der Waals surface area (Å²) < 4.78 is 14.0. The van der Waals surface area contributed by atoms with Gasteiger partial charge in [0.1, 0.15) is 11.5 Å². The fraction of sp³-hybridized carbons (Fsp3) is 0.273. The molecule has 7 rings (SSSR count). The van der Waals surface area contributed by atoms with Gasteiger partial charge in [-0.1, -0.05) is 24.3 Å². The molecule has 0 fully saturated rings. The van der Waals surface area contributed by atoms with Crippen LogP contribution in [0.3, 0.4) is 0 Å². The van der Waals surface area contributed by atoms with E-state index in [2.05, 4.69) is 161 Å². The summed E-state index contributed by atoms with van der Waals surface area (Å²) >= 11 is 0. The van der Waals surface area contributed by atoms with Crippen LogP contribution in [-0.4, -0.2) is 97.5 Å². The summed E-state index contributed by atoms with van der Waals surface area (Å²) in [4.78, 5) is 17.5. The van der Waals surface area contributed by atoms with E-state index >= 15 is 0 Å². The maximum absolute atomic E-state index is 6.08. The molecule has 2 aromatic carbocycles. The maximum Gasteiger partial charge on any atom is 0.119 e. The lowest BCUT2D eigenvalue weighted by Crippen LogP contribution is -2.36. The third-order valence-electron chi connectivity index (χ3n) is 9.17. The molecule has 8 bridgehead atoms. The molecule has 52 heavy (non-hydrogen) atoms. The summed E-state index contributed by atoms with van der Waals surface area (Å²) in [5.74, 6) is 1.74. The van der Waals surface area contributed by atoms with Crippen molar-refractivity contribution in [2.45, 2.75) is 12.8 Å². The summed E-state index contributed by atoms with van der Waals surface area (Å²) in [6.45, 7) is 3.52. The average Bonchev–Trinajstić information content (AvgIpc) is 3.93. The first-order valence-electron chi connectivity index (χ1n) is 18.1. The fourth-order valence-corrected chi connectivity index (χ4v) is 6.57. The molecule has 5 heterocycles. The van der Waals surface area contributed by atoms with E-state index in [9.17, 15) is 0 Å². The van der Waals surface area contributed by atoms with E-state index in [1.807, 2.05) is 0 Å². The van der Waals surface area contributed by atoms with Gasteiger partial charge in [0, 0.05) is 46.0 Å². The second kappa shape index (κ2) is 14.7. The van der Waals surface area contributed by atoms with Gasteiger partial charge >= 0.3 is 0 Å². The van der Waals surface area contributed by atoms with E-state index in [1.54, 1.807) is 0 Å². The lowest BCUT2D eigenvalue weighted by atomic mass is 10.0. The van der Waals surface area contributed by atoms with E-state index in [0.717, 1.165) is 113 Å². The molecule has 2 aliphatic rings. The zero-order valence-corrected chi connectivity index (χ0v) is 31.2. The highest BCUT2D eigenvalue weighted by Gasteiger charge is 2.14. The minimum atomic E-state index is 0.695. The number of benzene rings is 2. The van der Waals surface area contributed by atoms with Gasteiger partial charge in [-0.15, -0.1) is 0 Å². The van der Waals surface area contributed by atoms with Crippen molar-refractivity contribution in [3.05, 3.63) is 108 Å². The first-order valence-corrected chi connectivity index (χ1v) is 18.1. The van der Waals surface area contributed by atoms with Crippen molar-refractivity contribution in [1.29, 1.82) is 0 Å². The Labute approximate surface area is 306 Å². The molecule has 266 valence electrons. The van der Waals surface area contributed by atoms with Crippen LogP contribution in [-0.2, 0) is 0 Å². The Hall–Kier alpha value is -5.44. The van der Waals surface area contributed by atoms with Crippen LogP contribution in [0, 0.1) is 0 Å². The SMILES string of the molecule is C[N+](C)(C)CCCOc1ccc(-c2c3nc(cc4ccc([nH]4)c(-c4ccc(OCCC[N+](C)(C)C)cc4)c4nc(cc5ccc2[nH]5)C=C4)C=C3)cc1. The van der Waals surface area contributed by atoms with Gasteiger partial charge in [-0.25, -0.2) is 9.97 Å². The van der Waals surface area contributed by atoms with Crippen LogP contribution in [0.15, 0.2) is 84.9 Å². The highest BCUT2D eigenvalue weighted by molar-refractivity contribution is 5.93. The van der Waals surface area contributed by atoms with Crippen LogP contribution in [0.5, 0.6) is 11.5 Å². The molecule has 2 N–H and O–H groups in total. The standard InChI is InChI=1S/C44H50N6O2/c1-49(2,3)25-7-27-51-37-17-9-31(10-18-37)43-39-21-13-33(45-39)29-35-15-23-41(47-35)44(42-24-16-36(48-42)30-34-14-22-40(43)46-34)32-11-19-38(20-12-32)52-28-8-26-50(4,5)6/h9-24,29-30,45,48H,7-8,25-28H2,1-6H3/q+2. The number of aromatic amines is 2. The lowest BCUT2D eigenvalue weighted by Gasteiger charge is -2.23. The third-order valence-corrected chi connectivity index (χ3v) is 9.17. The molecule has 0 saturated carbocycles. The van der Waals surface area contributed by atoms with E-state index < -0.39 is 0 Å². The number of ether oxygens (including phenoxy) is 2. The highest BCUT2D eigenvalue weighted by Crippen LogP contribution is 2.33. The molecular formula is C44H50N6O2+2. The van der Waals surface area contributed by atoms with Crippen molar-refractivity contribution >= 4 is 46.4 Å². The zero-order valence-electron chi connectivity index (χ0n) is 31.2. The van der Waals surface area contributed by atoms with Gasteiger partial charge in [-0.3, -0.25) is 0 Å². The first-order chi connectivity index (χ1) is 25.0. The second-order valence-corrected chi connectivity index (χ2v) is 15.7. The number of H-pyrrole nitrogens is 2. The van der Waals surface area contributed by atoms with E-state index in [1.165, 1.54) is 0 Å². The number of nitrogens with one attached hydrogen (secondary N) is 2. The summed E-state index contributed by atoms with van der Waals surface area (Å²) in [7, 11) is 13.2. The summed E-state index contributed by atoms with van der Waals surface area (Å²) in [5, 5.41) is 0. The molecule has 0 unspecified atom stereocenters. The van der Waals surface area contributed by atoms with Gasteiger partial charge < -0.3 is 28.4 Å². The number of rotatable bonds is 12. The molecule has 0 atom stereocenters. The predicted molar refractivity (Wildman–Crippen MR) is 216 cm³/mol. The topological polar surface area (TPSA) is 75.8 Å². The van der Waals surface area contributed by atoms with Gasteiger partial charge in [0.2, 0.25) is 0 Å². The van der Waals surface area contributed by atoms with Crippen molar-refractivity contribution in [3.63, 3.8) is 0 Å². The Balaban J connectivity index is 1.25. The maximum atomic E-state index is 6.08. The molecule has 8 heteroatoms. The van der Waals surface area contributed by atoms with Crippen LogP contribution >= 0.6 is 0 Å². The quantitative estimate of drug-likeness (QED) is 0.0990. The first kappa shape index (κ1) is 35.0. The summed E-state index contributed by atoms with van der Waals surface area (Å²) in [6, 6.07) is 29.3. The highest BCUT2D eigenvalue weighted by atomic mass is 16.5. The number of hydrogen-bond acceptors (Lipinski definition) is 4. The van der Waals surface area contributed by atoms with Gasteiger partial charge in [0.25, 0.3) is 0 Å². The van der Waals surface area contributed by atoms with Crippen LogP contribution < -0.4 is 9.47 Å². The third kappa shape index (κ3) is 8.70. The van der Waals surface area contributed by atoms with Crippen LogP contribution in [0.25, 0.3) is 68.6 Å². The van der Waals surface area contributed by atoms with Gasteiger partial charge in [-0.05, 0) is 96.1 Å². The van der Waals surface area contributed by atoms with E-state index in [4.69, 9.17) is 19.4 Å². The summed E-state index contributed by atoms with van der Waals surface area (Å²) in [5.41, 5.74) is 11.7. The number of hydrogen-bond donors (Lipinski definition) is 2. The van der Waals surface area contributed by atoms with Gasteiger partial charge in [0.15, 0.2) is 0 Å². The Morgan fingerprint density at radius 2 is 0.904 bits per heavy atom. The smallest absolute Gasteiger partial charge is 0.119 e. The van der Waals surface area contributed by atoms with Crippen molar-refractivity contribution in [2.24, 2.45) is 0 Å². The molecule has 0 spiro atoms. The molecular weight excluding hydrogens is 645 g/mol. The fourth-order valence-electron chi connectivity index (χ4n) is 6.57. The Bertz CT molecular complexity index is 2100. The van der Waals surface area contributed by atoms with Crippen LogP contribution in [0.2, 0.25) is 0 Å². The van der Waals surface area contributed by atoms with Gasteiger partial charge in [-0.2, -0.15) is 0 Å². The normalized spacial score (nSPS) is 12.7. The molecule has 8 nitrogen and oxygen atoms in total. The Morgan fingerprint density at radius 3 is 1.29 bits per heavy atom. The van der Waals surface area contributed by atoms with Crippen molar-refractivity contribution in [2.75, 3.05) is 68.6 Å². The summed E-state index contributed by atoms with van der Waals surface area (Å²) in [6.07, 6.45) is 10.3. The lowest BCUT2D eigenvalue weighted by molar-refractivity contribution is -0.870. The number of fused-ring (bicyclic) bond motifs is 8. The minimum Gasteiger partial charge on any atom is -0.493 e. The van der Waals surface area contributed by atoms with Crippen molar-refractivity contribution in [1.82, 2.24) is 19.9 Å². The molecule has 3 aromatic heterocycles. The predicted octanol–water partition coefficient (Wildman–Crippen LogP) is 8.94. The average molecular weight is 695 g/mol. The van der Waals surface area contributed by atoms with Crippen molar-refractivity contribution < 1.29 is 18.4 Å². The number of aromatic nitrogens is 4. The monoisotopic (exact) mass is 694 g/mol.